The molecule has 0 aliphatic carbocycles. The van der Waals surface area contributed by atoms with Crippen molar-refractivity contribution in [3.63, 3.8) is 0 Å². The molecule has 4 aromatic rings. The quantitative estimate of drug-likeness (QED) is 0.363. The molecular formula is C29H29NO5. The maximum absolute atomic E-state index is 12.7. The number of carboxylic acid groups (broad SMARTS) is 1. The molecular weight excluding hydrogens is 442 g/mol. The maximum atomic E-state index is 12.7. The zero-order chi connectivity index (χ0) is 24.7. The molecule has 1 aliphatic rings. The molecule has 6 heteroatoms. The minimum atomic E-state index is -1.19. The molecule has 1 atom stereocenters. The fourth-order valence-corrected chi connectivity index (χ4v) is 5.17. The second-order valence-corrected chi connectivity index (χ2v) is 9.64. The van der Waals surface area contributed by atoms with Gasteiger partial charge < -0.3 is 19.3 Å². The van der Waals surface area contributed by atoms with Crippen LogP contribution in [-0.4, -0.2) is 42.0 Å². The first kappa shape index (κ1) is 23.3. The zero-order valence-electron chi connectivity index (χ0n) is 20.4. The second-order valence-electron chi connectivity index (χ2n) is 9.64. The van der Waals surface area contributed by atoms with E-state index >= 15 is 0 Å². The first-order valence-electron chi connectivity index (χ1n) is 11.8. The van der Waals surface area contributed by atoms with Crippen LogP contribution in [0.25, 0.3) is 32.8 Å². The monoisotopic (exact) mass is 471 g/mol. The van der Waals surface area contributed by atoms with Gasteiger partial charge in [0, 0.05) is 36.2 Å². The van der Waals surface area contributed by atoms with Gasteiger partial charge in [0.15, 0.2) is 6.10 Å². The van der Waals surface area contributed by atoms with Gasteiger partial charge in [0.25, 0.3) is 0 Å². The van der Waals surface area contributed by atoms with Crippen molar-refractivity contribution in [2.45, 2.75) is 38.9 Å². The van der Waals surface area contributed by atoms with Crippen molar-refractivity contribution in [3.8, 4) is 16.9 Å². The highest BCUT2D eigenvalue weighted by molar-refractivity contribution is 6.08. The van der Waals surface area contributed by atoms with Crippen molar-refractivity contribution in [2.24, 2.45) is 0 Å². The summed E-state index contributed by atoms with van der Waals surface area (Å²) in [7, 11) is 1.58. The van der Waals surface area contributed by atoms with E-state index in [0.29, 0.717) is 12.2 Å². The summed E-state index contributed by atoms with van der Waals surface area (Å²) in [6.45, 7) is 6.51. The van der Waals surface area contributed by atoms with E-state index in [1.54, 1.807) is 7.11 Å². The highest BCUT2D eigenvalue weighted by Crippen LogP contribution is 2.45. The molecule has 0 bridgehead atoms. The van der Waals surface area contributed by atoms with Crippen LogP contribution in [0.15, 0.2) is 54.7 Å². The first-order chi connectivity index (χ1) is 16.8. The molecule has 0 fully saturated rings. The van der Waals surface area contributed by atoms with Crippen molar-refractivity contribution in [3.05, 3.63) is 71.4 Å². The Morgan fingerprint density at radius 2 is 2.00 bits per heavy atom. The van der Waals surface area contributed by atoms with Gasteiger partial charge in [0.1, 0.15) is 5.75 Å². The molecule has 0 spiro atoms. The lowest BCUT2D eigenvalue weighted by Crippen LogP contribution is -2.35. The fraction of sp³-hybridized carbons (Fsp3) is 0.310. The number of pyridine rings is 1. The third-order valence-electron chi connectivity index (χ3n) is 6.55. The van der Waals surface area contributed by atoms with E-state index in [2.05, 4.69) is 0 Å². The predicted molar refractivity (Wildman–Crippen MR) is 136 cm³/mol. The molecule has 5 rings (SSSR count). The standard InChI is InChI=1S/C29H29NO5/c1-17-15-19-7-5-6-8-20(19)25(23(17)27(28(31)32)35-29(2,3)16-33-4)21-9-10-22-24-18(12-14-34-22)11-13-30-26(21)24/h5-11,13,15,27H,12,14,16H2,1-4H3,(H,31,32). The van der Waals surface area contributed by atoms with Crippen LogP contribution in [0.4, 0.5) is 0 Å². The Bertz CT molecular complexity index is 1430. The number of aryl methyl sites for hydroxylation is 1. The molecule has 3 aromatic carbocycles. The van der Waals surface area contributed by atoms with Gasteiger partial charge in [-0.1, -0.05) is 30.3 Å². The van der Waals surface area contributed by atoms with Crippen LogP contribution < -0.4 is 4.74 Å². The average molecular weight is 472 g/mol. The van der Waals surface area contributed by atoms with Crippen LogP contribution in [0.1, 0.15) is 36.6 Å². The Morgan fingerprint density at radius 3 is 2.77 bits per heavy atom. The number of rotatable bonds is 7. The highest BCUT2D eigenvalue weighted by atomic mass is 16.6. The number of carbonyl (C=O) groups is 1. The summed E-state index contributed by atoms with van der Waals surface area (Å²) in [6, 6.07) is 16.0. The van der Waals surface area contributed by atoms with Crippen LogP contribution in [-0.2, 0) is 20.7 Å². The van der Waals surface area contributed by atoms with Gasteiger partial charge in [-0.3, -0.25) is 4.98 Å². The van der Waals surface area contributed by atoms with Crippen molar-refractivity contribution in [1.82, 2.24) is 4.98 Å². The topological polar surface area (TPSA) is 77.9 Å². The summed E-state index contributed by atoms with van der Waals surface area (Å²) in [5.74, 6) is -0.239. The van der Waals surface area contributed by atoms with E-state index in [1.807, 2.05) is 75.5 Å². The van der Waals surface area contributed by atoms with Gasteiger partial charge in [0.2, 0.25) is 0 Å². The molecule has 2 heterocycles. The summed E-state index contributed by atoms with van der Waals surface area (Å²) in [4.78, 5) is 17.4. The molecule has 1 aromatic heterocycles. The molecule has 6 nitrogen and oxygen atoms in total. The fourth-order valence-electron chi connectivity index (χ4n) is 5.17. The number of nitrogens with zero attached hydrogens (tertiary/aromatic N) is 1. The molecule has 1 unspecified atom stereocenters. The number of aliphatic carboxylic acids is 1. The summed E-state index contributed by atoms with van der Waals surface area (Å²) >= 11 is 0. The minimum absolute atomic E-state index is 0.263. The number of hydrogen-bond acceptors (Lipinski definition) is 5. The lowest BCUT2D eigenvalue weighted by Gasteiger charge is -2.31. The Kier molecular flexibility index (Phi) is 5.95. The number of carboxylic acids is 1. The molecule has 1 aliphatic heterocycles. The zero-order valence-corrected chi connectivity index (χ0v) is 20.4. The van der Waals surface area contributed by atoms with Crippen LogP contribution in [0.5, 0.6) is 5.75 Å². The number of fused-ring (bicyclic) bond motifs is 1. The molecule has 0 amide bonds. The number of ether oxygens (including phenoxy) is 3. The Morgan fingerprint density at radius 1 is 1.20 bits per heavy atom. The summed E-state index contributed by atoms with van der Waals surface area (Å²) in [5.41, 5.74) is 4.34. The highest BCUT2D eigenvalue weighted by Gasteiger charge is 2.34. The lowest BCUT2D eigenvalue weighted by atomic mass is 9.85. The molecule has 0 saturated carbocycles. The van der Waals surface area contributed by atoms with Gasteiger partial charge in [0.05, 0.1) is 24.3 Å². The van der Waals surface area contributed by atoms with Gasteiger partial charge in [-0.2, -0.15) is 0 Å². The van der Waals surface area contributed by atoms with Crippen LogP contribution in [0, 0.1) is 6.92 Å². The number of benzene rings is 3. The van der Waals surface area contributed by atoms with Gasteiger partial charge >= 0.3 is 5.97 Å². The van der Waals surface area contributed by atoms with E-state index in [1.165, 1.54) is 5.56 Å². The van der Waals surface area contributed by atoms with Crippen LogP contribution in [0.3, 0.4) is 0 Å². The number of aromatic nitrogens is 1. The third-order valence-corrected chi connectivity index (χ3v) is 6.55. The third kappa shape index (κ3) is 4.13. The average Bonchev–Trinajstić information content (AvgIpc) is 2.83. The summed E-state index contributed by atoms with van der Waals surface area (Å²) in [6.07, 6.45) is 1.44. The number of methoxy groups -OCH3 is 1. The van der Waals surface area contributed by atoms with E-state index < -0.39 is 17.7 Å². The second kappa shape index (κ2) is 8.95. The van der Waals surface area contributed by atoms with Gasteiger partial charge in [-0.05, 0) is 66.4 Å². The molecule has 180 valence electrons. The van der Waals surface area contributed by atoms with Crippen molar-refractivity contribution < 1.29 is 24.1 Å². The smallest absolute Gasteiger partial charge is 0.337 e. The Balaban J connectivity index is 1.85. The lowest BCUT2D eigenvalue weighted by molar-refractivity contribution is -0.167. The number of hydrogen-bond donors (Lipinski definition) is 1. The van der Waals surface area contributed by atoms with Gasteiger partial charge in [-0.25, -0.2) is 4.79 Å². The van der Waals surface area contributed by atoms with E-state index in [0.717, 1.165) is 50.5 Å². The van der Waals surface area contributed by atoms with Gasteiger partial charge in [-0.15, -0.1) is 0 Å². The largest absolute Gasteiger partial charge is 0.493 e. The van der Waals surface area contributed by atoms with Crippen LogP contribution in [0.2, 0.25) is 0 Å². The SMILES string of the molecule is COCC(C)(C)OC(C(=O)O)c1c(C)cc2ccccc2c1-c1ccc2c3c(ccnc13)CCO2. The molecule has 0 saturated heterocycles. The van der Waals surface area contributed by atoms with E-state index in [-0.39, 0.29) is 6.61 Å². The van der Waals surface area contributed by atoms with Crippen molar-refractivity contribution in [1.29, 1.82) is 0 Å². The van der Waals surface area contributed by atoms with E-state index in [9.17, 15) is 9.90 Å². The first-order valence-corrected chi connectivity index (χ1v) is 11.8. The molecule has 1 N–H and O–H groups in total. The predicted octanol–water partition coefficient (Wildman–Crippen LogP) is 5.87. The molecule has 35 heavy (non-hydrogen) atoms. The maximum Gasteiger partial charge on any atom is 0.337 e. The van der Waals surface area contributed by atoms with Crippen molar-refractivity contribution >= 4 is 27.6 Å². The Hall–Kier alpha value is -3.48. The Labute approximate surface area is 204 Å². The summed E-state index contributed by atoms with van der Waals surface area (Å²) < 4.78 is 17.5. The van der Waals surface area contributed by atoms with Crippen LogP contribution >= 0.6 is 0 Å². The molecule has 0 radical (unpaired) electrons. The van der Waals surface area contributed by atoms with Crippen molar-refractivity contribution in [2.75, 3.05) is 20.3 Å². The van der Waals surface area contributed by atoms with E-state index in [4.69, 9.17) is 19.2 Å². The normalized spacial score (nSPS) is 14.2. The minimum Gasteiger partial charge on any atom is -0.493 e. The summed E-state index contributed by atoms with van der Waals surface area (Å²) in [5, 5.41) is 13.3.